The maximum atomic E-state index is 12.8. The van der Waals surface area contributed by atoms with Crippen LogP contribution in [0.25, 0.3) is 16.8 Å². The van der Waals surface area contributed by atoms with Crippen LogP contribution in [0.4, 0.5) is 10.6 Å². The second kappa shape index (κ2) is 8.90. The molecule has 1 aliphatic carbocycles. The van der Waals surface area contributed by atoms with Crippen molar-refractivity contribution >= 4 is 17.6 Å². The van der Waals surface area contributed by atoms with Crippen LogP contribution in [0.1, 0.15) is 19.3 Å². The Morgan fingerprint density at radius 1 is 1.06 bits per heavy atom. The van der Waals surface area contributed by atoms with Crippen LogP contribution in [0, 0.1) is 5.92 Å². The summed E-state index contributed by atoms with van der Waals surface area (Å²) in [5.74, 6) is 1.62. The first kappa shape index (κ1) is 21.8. The zero-order valence-electron chi connectivity index (χ0n) is 19.9. The molecule has 3 atom stereocenters. The number of pyridine rings is 1. The molecule has 3 aromatic rings. The first-order chi connectivity index (χ1) is 17.7. The first-order valence-electron chi connectivity index (χ1n) is 12.6. The molecule has 0 unspecified atom stereocenters. The number of hydrogen-bond acceptors (Lipinski definition) is 9. The largest absolute Gasteiger partial charge is 0.474 e. The summed E-state index contributed by atoms with van der Waals surface area (Å²) in [5, 5.41) is 4.49. The van der Waals surface area contributed by atoms with E-state index >= 15 is 0 Å². The molecule has 0 spiro atoms. The number of fused-ring (bicyclic) bond motifs is 2. The standard InChI is InChI=1S/C25H28N6O5/c32-25(36-20-15-34-24-18(20)6-13-33-24)30-11-9-29(10-12-30)21-5-8-31-22(28-21)19(14-27-31)17-2-1-7-26-23(17)35-16-3-4-16/h1-2,5,7-8,14,16,18,20,24H,3-4,6,9-13,15H2/t18-,20-,24+/m0/s1. The summed E-state index contributed by atoms with van der Waals surface area (Å²) >= 11 is 0. The van der Waals surface area contributed by atoms with Crippen LogP contribution in [0.3, 0.4) is 0 Å². The Morgan fingerprint density at radius 2 is 1.94 bits per heavy atom. The van der Waals surface area contributed by atoms with Crippen molar-refractivity contribution in [2.24, 2.45) is 5.92 Å². The SMILES string of the molecule is O=C(O[C@H]1CO[C@H]2OCC[C@H]21)N1CCN(c2ccn3ncc(-c4cccnc4OC4CC4)c3n2)CC1. The van der Waals surface area contributed by atoms with Gasteiger partial charge in [0.2, 0.25) is 5.88 Å². The fourth-order valence-electron chi connectivity index (χ4n) is 5.13. The minimum atomic E-state index is -0.281. The van der Waals surface area contributed by atoms with Crippen molar-refractivity contribution in [1.29, 1.82) is 0 Å². The molecule has 7 rings (SSSR count). The molecule has 0 bridgehead atoms. The summed E-state index contributed by atoms with van der Waals surface area (Å²) in [4.78, 5) is 26.1. The summed E-state index contributed by atoms with van der Waals surface area (Å²) < 4.78 is 24.7. The van der Waals surface area contributed by atoms with Crippen molar-refractivity contribution in [3.05, 3.63) is 36.8 Å². The van der Waals surface area contributed by atoms with Crippen LogP contribution in [0.5, 0.6) is 5.88 Å². The maximum Gasteiger partial charge on any atom is 0.410 e. The van der Waals surface area contributed by atoms with E-state index in [1.54, 1.807) is 15.6 Å². The number of carbonyl (C=O) groups is 1. The highest BCUT2D eigenvalue weighted by Gasteiger charge is 2.44. The average Bonchev–Trinajstić information content (AvgIpc) is 3.28. The Kier molecular flexibility index (Phi) is 5.39. The van der Waals surface area contributed by atoms with Crippen LogP contribution in [0.2, 0.25) is 0 Å². The molecule has 11 heteroatoms. The summed E-state index contributed by atoms with van der Waals surface area (Å²) in [6, 6.07) is 5.85. The lowest BCUT2D eigenvalue weighted by molar-refractivity contribution is -0.0907. The molecule has 6 heterocycles. The molecule has 1 amide bonds. The van der Waals surface area contributed by atoms with Crippen molar-refractivity contribution in [2.75, 3.05) is 44.3 Å². The average molecular weight is 493 g/mol. The lowest BCUT2D eigenvalue weighted by Crippen LogP contribution is -2.50. The van der Waals surface area contributed by atoms with Gasteiger partial charge in [-0.1, -0.05) is 0 Å². The van der Waals surface area contributed by atoms with Gasteiger partial charge in [-0.3, -0.25) is 0 Å². The minimum absolute atomic E-state index is 0.144. The zero-order valence-corrected chi connectivity index (χ0v) is 19.9. The van der Waals surface area contributed by atoms with E-state index in [-0.39, 0.29) is 30.5 Å². The fourth-order valence-corrected chi connectivity index (χ4v) is 5.13. The monoisotopic (exact) mass is 492 g/mol. The van der Waals surface area contributed by atoms with Gasteiger partial charge in [0.25, 0.3) is 0 Å². The van der Waals surface area contributed by atoms with Crippen LogP contribution < -0.4 is 9.64 Å². The normalized spacial score (nSPS) is 25.8. The van der Waals surface area contributed by atoms with Gasteiger partial charge in [0.15, 0.2) is 11.9 Å². The van der Waals surface area contributed by atoms with Gasteiger partial charge in [0.05, 0.1) is 30.9 Å². The Labute approximate surface area is 207 Å². The minimum Gasteiger partial charge on any atom is -0.474 e. The molecule has 1 saturated carbocycles. The van der Waals surface area contributed by atoms with Crippen molar-refractivity contribution < 1.29 is 23.7 Å². The molecule has 36 heavy (non-hydrogen) atoms. The Hall–Kier alpha value is -3.44. The third-order valence-electron chi connectivity index (χ3n) is 7.32. The molecule has 0 radical (unpaired) electrons. The first-order valence-corrected chi connectivity index (χ1v) is 12.6. The molecule has 3 aliphatic heterocycles. The molecule has 4 aliphatic rings. The summed E-state index contributed by atoms with van der Waals surface area (Å²) in [6.07, 6.45) is 7.99. The number of hydrogen-bond donors (Lipinski definition) is 0. The number of anilines is 1. The highest BCUT2D eigenvalue weighted by Crippen LogP contribution is 2.35. The van der Waals surface area contributed by atoms with Gasteiger partial charge < -0.3 is 28.7 Å². The van der Waals surface area contributed by atoms with Crippen molar-refractivity contribution in [3.8, 4) is 17.0 Å². The van der Waals surface area contributed by atoms with Crippen molar-refractivity contribution in [2.45, 2.75) is 37.8 Å². The van der Waals surface area contributed by atoms with E-state index < -0.39 is 0 Å². The second-order valence-corrected chi connectivity index (χ2v) is 9.71. The van der Waals surface area contributed by atoms with Crippen molar-refractivity contribution in [3.63, 3.8) is 0 Å². The molecule has 0 N–H and O–H groups in total. The number of piperazine rings is 1. The third kappa shape index (κ3) is 4.01. The molecular weight excluding hydrogens is 464 g/mol. The molecule has 188 valence electrons. The summed E-state index contributed by atoms with van der Waals surface area (Å²) in [7, 11) is 0. The smallest absolute Gasteiger partial charge is 0.410 e. The van der Waals surface area contributed by atoms with E-state index in [0.717, 1.165) is 41.9 Å². The molecule has 3 aromatic heterocycles. The Balaban J connectivity index is 1.04. The van der Waals surface area contributed by atoms with Crippen molar-refractivity contribution in [1.82, 2.24) is 24.5 Å². The van der Waals surface area contributed by atoms with Crippen LogP contribution in [-0.2, 0) is 14.2 Å². The summed E-state index contributed by atoms with van der Waals surface area (Å²) in [5.41, 5.74) is 2.52. The van der Waals surface area contributed by atoms with Crippen LogP contribution in [-0.4, -0.2) is 88.5 Å². The van der Waals surface area contributed by atoms with Crippen LogP contribution in [0.15, 0.2) is 36.8 Å². The van der Waals surface area contributed by atoms with E-state index in [4.69, 9.17) is 23.9 Å². The second-order valence-electron chi connectivity index (χ2n) is 9.71. The third-order valence-corrected chi connectivity index (χ3v) is 7.32. The summed E-state index contributed by atoms with van der Waals surface area (Å²) in [6.45, 7) is 3.54. The Bertz CT molecular complexity index is 1270. The van der Waals surface area contributed by atoms with E-state index in [0.29, 0.717) is 45.3 Å². The van der Waals surface area contributed by atoms with E-state index in [1.165, 1.54) is 0 Å². The lowest BCUT2D eigenvalue weighted by Gasteiger charge is -2.35. The molecule has 3 saturated heterocycles. The van der Waals surface area contributed by atoms with Crippen LogP contribution >= 0.6 is 0 Å². The quantitative estimate of drug-likeness (QED) is 0.531. The molecule has 0 aromatic carbocycles. The fraction of sp³-hybridized carbons (Fsp3) is 0.520. The number of rotatable bonds is 5. The number of ether oxygens (including phenoxy) is 4. The molecule has 4 fully saturated rings. The van der Waals surface area contributed by atoms with E-state index in [9.17, 15) is 4.79 Å². The predicted octanol–water partition coefficient (Wildman–Crippen LogP) is 2.35. The van der Waals surface area contributed by atoms with E-state index in [2.05, 4.69) is 15.0 Å². The number of amides is 1. The number of nitrogens with zero attached hydrogens (tertiary/aromatic N) is 6. The van der Waals surface area contributed by atoms with Gasteiger partial charge in [-0.2, -0.15) is 5.10 Å². The zero-order chi connectivity index (χ0) is 24.1. The van der Waals surface area contributed by atoms with Gasteiger partial charge in [-0.05, 0) is 37.5 Å². The van der Waals surface area contributed by atoms with Gasteiger partial charge in [0.1, 0.15) is 18.0 Å². The lowest BCUT2D eigenvalue weighted by atomic mass is 10.0. The topological polar surface area (TPSA) is 104 Å². The van der Waals surface area contributed by atoms with Gasteiger partial charge >= 0.3 is 6.09 Å². The number of carbonyl (C=O) groups excluding carboxylic acids is 1. The highest BCUT2D eigenvalue weighted by molar-refractivity contribution is 5.80. The number of aromatic nitrogens is 4. The maximum absolute atomic E-state index is 12.8. The highest BCUT2D eigenvalue weighted by atomic mass is 16.7. The Morgan fingerprint density at radius 3 is 2.81 bits per heavy atom. The molecular formula is C25H28N6O5. The van der Waals surface area contributed by atoms with Gasteiger partial charge in [-0.25, -0.2) is 19.3 Å². The predicted molar refractivity (Wildman–Crippen MR) is 128 cm³/mol. The van der Waals surface area contributed by atoms with Gasteiger partial charge in [-0.15, -0.1) is 0 Å². The van der Waals surface area contributed by atoms with E-state index in [1.807, 2.05) is 30.6 Å². The van der Waals surface area contributed by atoms with Gasteiger partial charge in [0, 0.05) is 44.1 Å². The molecule has 11 nitrogen and oxygen atoms in total.